The monoisotopic (exact) mass is 1320 g/mol. The highest BCUT2D eigenvalue weighted by Crippen LogP contribution is 2.27. The number of carbonyl (C=O) groups excluding carboxylic acids is 11. The van der Waals surface area contributed by atoms with Crippen molar-refractivity contribution in [2.45, 2.75) is 228 Å². The second-order valence-electron chi connectivity index (χ2n) is 28.0. The summed E-state index contributed by atoms with van der Waals surface area (Å²) in [5.41, 5.74) is 0. The molecule has 1 aliphatic rings. The number of carboxylic acid groups (broad SMARTS) is 2. The van der Waals surface area contributed by atoms with Gasteiger partial charge in [0.05, 0.1) is 19.1 Å². The van der Waals surface area contributed by atoms with E-state index in [2.05, 4.69) is 21.3 Å². The van der Waals surface area contributed by atoms with Crippen LogP contribution in [0.5, 0.6) is 0 Å². The lowest BCUT2D eigenvalue weighted by atomic mass is 9.89. The fourth-order valence-corrected chi connectivity index (χ4v) is 11.6. The minimum Gasteiger partial charge on any atom is -0.481 e. The molecule has 0 saturated carbocycles. The van der Waals surface area contributed by atoms with Crippen LogP contribution in [0.4, 0.5) is 0 Å². The Labute approximate surface area is 552 Å². The van der Waals surface area contributed by atoms with Gasteiger partial charge in [0.1, 0.15) is 66.5 Å². The van der Waals surface area contributed by atoms with Crippen molar-refractivity contribution in [3.8, 4) is 0 Å². The van der Waals surface area contributed by atoms with E-state index in [1.165, 1.54) is 96.8 Å². The molecule has 93 heavy (non-hydrogen) atoms. The number of nitrogens with one attached hydrogen (secondary N) is 4. The molecule has 1 fully saturated rings. The molecule has 7 N–H and O–H groups in total. The first-order chi connectivity index (χ1) is 42.8. The zero-order valence-electron chi connectivity index (χ0n) is 60.1. The Morgan fingerprint density at radius 1 is 0.495 bits per heavy atom. The number of aliphatic carboxylic acids is 2. The number of likely N-dealkylation sites (N-methyl/N-ethyl adjacent to an activating group) is 8. The van der Waals surface area contributed by atoms with E-state index in [0.717, 1.165) is 19.6 Å². The lowest BCUT2D eigenvalue weighted by molar-refractivity contribution is -0.158. The highest BCUT2D eigenvalue weighted by Gasteiger charge is 2.46. The van der Waals surface area contributed by atoms with Gasteiger partial charge in [0.15, 0.2) is 0 Å². The summed E-state index contributed by atoms with van der Waals surface area (Å²) in [7, 11) is 10.8. The Morgan fingerprint density at radius 3 is 1.35 bits per heavy atom. The molecule has 0 bridgehead atoms. The van der Waals surface area contributed by atoms with Crippen LogP contribution in [0.3, 0.4) is 0 Å². The first kappa shape index (κ1) is 84.0. The number of rotatable bonds is 20. The molecule has 0 aromatic carbocycles. The smallest absolute Gasteiger partial charge is 0.320 e. The number of carboxylic acids is 2. The molecule has 0 aromatic heterocycles. The van der Waals surface area contributed by atoms with Crippen LogP contribution in [0.1, 0.15) is 156 Å². The van der Waals surface area contributed by atoms with E-state index in [4.69, 9.17) is 0 Å². The van der Waals surface area contributed by atoms with Gasteiger partial charge in [0.2, 0.25) is 65.0 Å². The molecule has 1 rings (SSSR count). The number of aliphatic hydroxyl groups is 1. The molecule has 0 aliphatic carbocycles. The molecular formula is C65H116N12O16. The number of aliphatic hydroxyl groups excluding tert-OH is 1. The molecule has 3 unspecified atom stereocenters. The SMILES string of the molecule is CC[C@H]1NC(=O)C([C@@H](O)[C@@H](C)CC(C(=O)O)N(C)CCC(=O)O)N(C)C(=O)C(C(C)C)N(C)C(=O)[C@@H](CC(C)C)N(C)C(=O)[C@@H](CC(C)C)N(C)C(=O)[C@@H](C)NC(=O)[C@@H](C)NC(=O)[C@@H](CC(C)C)N(C)C(=O)[C@@H](C(C)C)NC(=O)[C@@H](CC(C)C)N(C)C(=O)CN(C)C1=O. The van der Waals surface area contributed by atoms with Crippen molar-refractivity contribution in [1.29, 1.82) is 0 Å². The molecular weight excluding hydrogens is 1200 g/mol. The summed E-state index contributed by atoms with van der Waals surface area (Å²) >= 11 is 0. The van der Waals surface area contributed by atoms with Gasteiger partial charge in [-0.3, -0.25) is 67.2 Å². The van der Waals surface area contributed by atoms with E-state index in [-0.39, 0.29) is 68.7 Å². The first-order valence-corrected chi connectivity index (χ1v) is 32.7. The second kappa shape index (κ2) is 37.8. The van der Waals surface area contributed by atoms with Gasteiger partial charge in [-0.15, -0.1) is 0 Å². The summed E-state index contributed by atoms with van der Waals surface area (Å²) in [6.07, 6.45) is -2.41. The van der Waals surface area contributed by atoms with Crippen molar-refractivity contribution in [2.75, 3.05) is 69.5 Å². The van der Waals surface area contributed by atoms with E-state index in [0.29, 0.717) is 0 Å². The Bertz CT molecular complexity index is 2600. The third-order valence-electron chi connectivity index (χ3n) is 17.4. The fraction of sp³-hybridized carbons (Fsp3) is 0.800. The Morgan fingerprint density at radius 2 is 0.914 bits per heavy atom. The highest BCUT2D eigenvalue weighted by atomic mass is 16.4. The number of amides is 11. The summed E-state index contributed by atoms with van der Waals surface area (Å²) < 4.78 is 0. The van der Waals surface area contributed by atoms with Gasteiger partial charge in [0.25, 0.3) is 0 Å². The summed E-state index contributed by atoms with van der Waals surface area (Å²) in [6.45, 7) is 26.3. The third-order valence-corrected chi connectivity index (χ3v) is 17.4. The van der Waals surface area contributed by atoms with Crippen molar-refractivity contribution < 1.29 is 77.6 Å². The minimum atomic E-state index is -1.92. The topological polar surface area (TPSA) is 357 Å². The average Bonchev–Trinajstić information content (AvgIpc) is 1.05. The van der Waals surface area contributed by atoms with E-state index in [1.54, 1.807) is 34.6 Å². The largest absolute Gasteiger partial charge is 0.481 e. The standard InChI is InChI=1S/C65H116N12O16/c1-25-43-60(87)71(18)33-49(78)72(19)44(28-34(2)3)57(84)69-51(38(10)11)63(90)73(20)45(29-35(4)5)56(83)66-41(15)55(82)67-42(16)59(86)74(21)46(30-36(6)7)61(88)75(22)47(31-37(8)9)62(89)76(23)52(39(12)13)64(91)77(24)53(58(85)68-43)54(81)40(14)32-48(65(92)93)70(17)27-26-50(79)80/h34-48,51-54,81H,25-33H2,1-24H3,(H,66,83)(H,67,82)(H,68,85)(H,69,84)(H,79,80)(H,92,93)/t40-,41+,42+,43+,44+,45+,46+,47+,48?,51+,52?,53?,54-/m0/s1. The van der Waals surface area contributed by atoms with Gasteiger partial charge < -0.3 is 70.9 Å². The van der Waals surface area contributed by atoms with Gasteiger partial charge in [-0.25, -0.2) is 0 Å². The number of hydrogen-bond acceptors (Lipinski definition) is 15. The number of hydrogen-bond donors (Lipinski definition) is 7. The van der Waals surface area contributed by atoms with Crippen LogP contribution in [0, 0.1) is 41.4 Å². The molecule has 13 atom stereocenters. The quantitative estimate of drug-likeness (QED) is 0.0909. The van der Waals surface area contributed by atoms with Crippen molar-refractivity contribution in [3.63, 3.8) is 0 Å². The first-order valence-electron chi connectivity index (χ1n) is 32.7. The van der Waals surface area contributed by atoms with E-state index in [1.807, 2.05) is 55.4 Å². The Kier molecular flexibility index (Phi) is 34.2. The molecule has 28 nitrogen and oxygen atoms in total. The van der Waals surface area contributed by atoms with Crippen molar-refractivity contribution in [1.82, 2.24) is 60.5 Å². The maximum absolute atomic E-state index is 15.4. The third kappa shape index (κ3) is 24.1. The van der Waals surface area contributed by atoms with Gasteiger partial charge in [-0.2, -0.15) is 0 Å². The zero-order chi connectivity index (χ0) is 72.3. The van der Waals surface area contributed by atoms with Crippen LogP contribution in [0.2, 0.25) is 0 Å². The zero-order valence-corrected chi connectivity index (χ0v) is 60.1. The van der Waals surface area contributed by atoms with Crippen molar-refractivity contribution >= 4 is 76.9 Å². The summed E-state index contributed by atoms with van der Waals surface area (Å²) in [5, 5.41) is 43.0. The van der Waals surface area contributed by atoms with Crippen LogP contribution in [-0.4, -0.2) is 273 Å². The normalized spacial score (nSPS) is 25.8. The summed E-state index contributed by atoms with van der Waals surface area (Å²) in [6, 6.07) is -14.8. The van der Waals surface area contributed by atoms with Gasteiger partial charge >= 0.3 is 11.9 Å². The molecule has 1 heterocycles. The Balaban J connectivity index is 4.44. The van der Waals surface area contributed by atoms with E-state index in [9.17, 15) is 58.5 Å². The van der Waals surface area contributed by atoms with Crippen molar-refractivity contribution in [2.24, 2.45) is 41.4 Å². The van der Waals surface area contributed by atoms with Gasteiger partial charge in [0, 0.05) is 55.9 Å². The number of carbonyl (C=O) groups is 13. The van der Waals surface area contributed by atoms with Crippen LogP contribution >= 0.6 is 0 Å². The maximum Gasteiger partial charge on any atom is 0.320 e. The van der Waals surface area contributed by atoms with Crippen LogP contribution in [0.25, 0.3) is 0 Å². The molecule has 1 saturated heterocycles. The average molecular weight is 1320 g/mol. The van der Waals surface area contributed by atoms with Crippen molar-refractivity contribution in [3.05, 3.63) is 0 Å². The number of nitrogens with zero attached hydrogens (tertiary/aromatic N) is 8. The lowest BCUT2D eigenvalue weighted by Crippen LogP contribution is -2.63. The summed E-state index contributed by atoms with van der Waals surface area (Å²) in [4.78, 5) is 195. The molecule has 11 amide bonds. The van der Waals surface area contributed by atoms with Gasteiger partial charge in [-0.1, -0.05) is 96.9 Å². The molecule has 1 aliphatic heterocycles. The second-order valence-corrected chi connectivity index (χ2v) is 28.0. The summed E-state index contributed by atoms with van der Waals surface area (Å²) in [5.74, 6) is -14.2. The van der Waals surface area contributed by atoms with Crippen LogP contribution in [-0.2, 0) is 62.3 Å². The molecule has 0 radical (unpaired) electrons. The maximum atomic E-state index is 15.4. The minimum absolute atomic E-state index is 0.0614. The highest BCUT2D eigenvalue weighted by molar-refractivity contribution is 5.99. The molecule has 0 aromatic rings. The van der Waals surface area contributed by atoms with E-state index < -0.39 is 180 Å². The predicted octanol–water partition coefficient (Wildman–Crippen LogP) is 1.55. The van der Waals surface area contributed by atoms with E-state index >= 15 is 19.2 Å². The molecule has 28 heteroatoms. The van der Waals surface area contributed by atoms with Gasteiger partial charge in [-0.05, 0) is 101 Å². The van der Waals surface area contributed by atoms with Crippen LogP contribution in [0.15, 0.2) is 0 Å². The lowest BCUT2D eigenvalue weighted by Gasteiger charge is -2.42. The Hall–Kier alpha value is -6.97. The molecule has 532 valence electrons. The predicted molar refractivity (Wildman–Crippen MR) is 350 cm³/mol. The fourth-order valence-electron chi connectivity index (χ4n) is 11.6. The molecule has 0 spiro atoms. The van der Waals surface area contributed by atoms with Crippen LogP contribution < -0.4 is 21.3 Å².